The fourth-order valence-corrected chi connectivity index (χ4v) is 5.59. The van der Waals surface area contributed by atoms with Crippen LogP contribution in [0.1, 0.15) is 41.2 Å². The lowest BCUT2D eigenvalue weighted by atomic mass is 9.59. The highest BCUT2D eigenvalue weighted by Gasteiger charge is 2.49. The van der Waals surface area contributed by atoms with E-state index in [4.69, 9.17) is 24.2 Å². The minimum Gasteiger partial charge on any atom is -0.475 e. The molecule has 1 unspecified atom stereocenters. The van der Waals surface area contributed by atoms with Crippen LogP contribution in [0.15, 0.2) is 34.9 Å². The molecule has 1 saturated heterocycles. The van der Waals surface area contributed by atoms with Crippen LogP contribution >= 0.6 is 11.3 Å². The monoisotopic (exact) mass is 572 g/mol. The second-order valence-electron chi connectivity index (χ2n) is 9.31. The summed E-state index contributed by atoms with van der Waals surface area (Å²) in [4.78, 5) is 25.9. The van der Waals surface area contributed by atoms with Gasteiger partial charge in [-0.1, -0.05) is 0 Å². The minimum atomic E-state index is -5.08. The van der Waals surface area contributed by atoms with E-state index in [-0.39, 0.29) is 0 Å². The minimum absolute atomic E-state index is 0.559. The van der Waals surface area contributed by atoms with Gasteiger partial charge in [0.2, 0.25) is 0 Å². The molecule has 2 fully saturated rings. The van der Waals surface area contributed by atoms with Crippen molar-refractivity contribution in [3.63, 3.8) is 0 Å². The molecule has 14 heteroatoms. The summed E-state index contributed by atoms with van der Waals surface area (Å²) >= 11 is 1.95. The summed E-state index contributed by atoms with van der Waals surface area (Å²) in [6.07, 6.45) is -2.92. The predicted molar refractivity (Wildman–Crippen MR) is 127 cm³/mol. The molecule has 0 bridgehead atoms. The van der Waals surface area contributed by atoms with E-state index < -0.39 is 24.3 Å². The molecule has 1 aliphatic heterocycles. The van der Waals surface area contributed by atoms with Crippen LogP contribution in [-0.2, 0) is 22.7 Å². The number of thiophene rings is 1. The SMILES string of the molecule is Cc1ccc(CN2CCC3(CCC3N(C)Cc3ccco3)CC2)s1.O=C(O)C(F)(F)F.O=C(O)C(F)(F)F. The Bertz CT molecular complexity index is 1010. The van der Waals surface area contributed by atoms with Crippen molar-refractivity contribution in [3.8, 4) is 0 Å². The van der Waals surface area contributed by atoms with Crippen LogP contribution in [0.3, 0.4) is 0 Å². The molecule has 2 aromatic rings. The molecule has 1 atom stereocenters. The maximum Gasteiger partial charge on any atom is 0.490 e. The van der Waals surface area contributed by atoms with Crippen molar-refractivity contribution in [3.05, 3.63) is 46.0 Å². The van der Waals surface area contributed by atoms with Crippen LogP contribution in [0.2, 0.25) is 0 Å². The summed E-state index contributed by atoms with van der Waals surface area (Å²) in [5.41, 5.74) is 0.559. The fourth-order valence-electron chi connectivity index (χ4n) is 4.66. The number of rotatable bonds is 5. The Morgan fingerprint density at radius 1 is 1.05 bits per heavy atom. The first-order valence-corrected chi connectivity index (χ1v) is 12.5. The molecule has 2 aliphatic rings. The molecule has 0 amide bonds. The number of carboxylic acid groups (broad SMARTS) is 2. The van der Waals surface area contributed by atoms with Crippen LogP contribution in [0.5, 0.6) is 0 Å². The highest BCUT2D eigenvalue weighted by atomic mass is 32.1. The van der Waals surface area contributed by atoms with E-state index in [2.05, 4.69) is 42.0 Å². The fraction of sp³-hybridized carbons (Fsp3) is 0.583. The molecular formula is C24H30F6N2O5S. The van der Waals surface area contributed by atoms with E-state index in [1.54, 1.807) is 6.26 Å². The number of alkyl halides is 6. The molecule has 1 spiro atoms. The van der Waals surface area contributed by atoms with Gasteiger partial charge in [0.1, 0.15) is 5.76 Å². The topological polar surface area (TPSA) is 94.2 Å². The van der Waals surface area contributed by atoms with Gasteiger partial charge in [-0.25, -0.2) is 9.59 Å². The van der Waals surface area contributed by atoms with Crippen LogP contribution < -0.4 is 0 Å². The lowest BCUT2D eigenvalue weighted by Crippen LogP contribution is -2.57. The number of likely N-dealkylation sites (tertiary alicyclic amines) is 1. The number of piperidine rings is 1. The molecule has 1 saturated carbocycles. The molecule has 0 radical (unpaired) electrons. The number of aliphatic carboxylic acids is 2. The largest absolute Gasteiger partial charge is 0.490 e. The highest BCUT2D eigenvalue weighted by molar-refractivity contribution is 7.11. The summed E-state index contributed by atoms with van der Waals surface area (Å²) in [5, 5.41) is 14.2. The Balaban J connectivity index is 0.000000301. The Morgan fingerprint density at radius 2 is 1.61 bits per heavy atom. The molecule has 0 aromatic carbocycles. The van der Waals surface area contributed by atoms with E-state index in [0.29, 0.717) is 5.41 Å². The van der Waals surface area contributed by atoms with Crippen molar-refractivity contribution in [2.75, 3.05) is 20.1 Å². The molecule has 2 N–H and O–H groups in total. The lowest BCUT2D eigenvalue weighted by molar-refractivity contribution is -0.193. The molecule has 38 heavy (non-hydrogen) atoms. The number of nitrogens with zero attached hydrogens (tertiary/aromatic N) is 2. The maximum atomic E-state index is 10.6. The van der Waals surface area contributed by atoms with Gasteiger partial charge in [-0.15, -0.1) is 11.3 Å². The number of hydrogen-bond acceptors (Lipinski definition) is 6. The number of hydrogen-bond donors (Lipinski definition) is 2. The average molecular weight is 573 g/mol. The first-order valence-electron chi connectivity index (χ1n) is 11.6. The molecule has 214 valence electrons. The third kappa shape index (κ3) is 9.31. The zero-order valence-electron chi connectivity index (χ0n) is 20.8. The first-order chi connectivity index (χ1) is 17.5. The van der Waals surface area contributed by atoms with Gasteiger partial charge in [-0.05, 0) is 82.4 Å². The number of carboxylic acids is 2. The van der Waals surface area contributed by atoms with E-state index in [0.717, 1.165) is 24.9 Å². The third-order valence-corrected chi connectivity index (χ3v) is 7.64. The Kier molecular flexibility index (Phi) is 10.8. The quantitative estimate of drug-likeness (QED) is 0.438. The number of aryl methyl sites for hydroxylation is 1. The van der Waals surface area contributed by atoms with Crippen molar-refractivity contribution >= 4 is 23.3 Å². The zero-order chi connectivity index (χ0) is 28.7. The second-order valence-corrected chi connectivity index (χ2v) is 10.7. The van der Waals surface area contributed by atoms with Gasteiger partial charge in [0.15, 0.2) is 0 Å². The van der Waals surface area contributed by atoms with Crippen molar-refractivity contribution in [2.45, 2.75) is 64.1 Å². The summed E-state index contributed by atoms with van der Waals surface area (Å²) in [7, 11) is 2.27. The van der Waals surface area contributed by atoms with E-state index in [1.165, 1.54) is 48.5 Å². The Morgan fingerprint density at radius 3 is 1.97 bits per heavy atom. The number of carbonyl (C=O) groups is 2. The third-order valence-electron chi connectivity index (χ3n) is 6.65. The van der Waals surface area contributed by atoms with E-state index in [1.807, 2.05) is 17.4 Å². The van der Waals surface area contributed by atoms with Crippen LogP contribution in [0.25, 0.3) is 0 Å². The average Bonchev–Trinajstić information content (AvgIpc) is 3.44. The van der Waals surface area contributed by atoms with Gasteiger partial charge in [-0.2, -0.15) is 26.3 Å². The Hall–Kier alpha value is -2.58. The van der Waals surface area contributed by atoms with Crippen molar-refractivity contribution in [1.82, 2.24) is 9.80 Å². The number of furan rings is 1. The molecule has 3 heterocycles. The van der Waals surface area contributed by atoms with Gasteiger partial charge >= 0.3 is 24.3 Å². The molecular weight excluding hydrogens is 542 g/mol. The maximum absolute atomic E-state index is 10.6. The van der Waals surface area contributed by atoms with Gasteiger partial charge in [-0.3, -0.25) is 9.80 Å². The van der Waals surface area contributed by atoms with Gasteiger partial charge in [0, 0.05) is 22.3 Å². The number of halogens is 6. The van der Waals surface area contributed by atoms with Crippen molar-refractivity contribution in [2.24, 2.45) is 5.41 Å². The summed E-state index contributed by atoms with van der Waals surface area (Å²) in [6, 6.07) is 9.36. The molecule has 7 nitrogen and oxygen atoms in total. The first kappa shape index (κ1) is 31.6. The van der Waals surface area contributed by atoms with Gasteiger partial charge in [0.25, 0.3) is 0 Å². The van der Waals surface area contributed by atoms with Crippen LogP contribution in [-0.4, -0.2) is 70.5 Å². The van der Waals surface area contributed by atoms with Gasteiger partial charge < -0.3 is 14.6 Å². The smallest absolute Gasteiger partial charge is 0.475 e. The lowest BCUT2D eigenvalue weighted by Gasteiger charge is -2.57. The van der Waals surface area contributed by atoms with Crippen molar-refractivity contribution in [1.29, 1.82) is 0 Å². The highest BCUT2D eigenvalue weighted by Crippen LogP contribution is 2.51. The van der Waals surface area contributed by atoms with Crippen LogP contribution in [0.4, 0.5) is 26.3 Å². The predicted octanol–water partition coefficient (Wildman–Crippen LogP) is 5.79. The zero-order valence-corrected chi connectivity index (χ0v) is 21.6. The summed E-state index contributed by atoms with van der Waals surface area (Å²) in [5.74, 6) is -4.43. The van der Waals surface area contributed by atoms with Crippen LogP contribution in [0, 0.1) is 12.3 Å². The molecule has 4 rings (SSSR count). The summed E-state index contributed by atoms with van der Waals surface area (Å²) in [6.45, 7) is 6.79. The second kappa shape index (κ2) is 13.0. The standard InChI is InChI=1S/C20H28N2OS.2C2HF3O2/c1-16-5-6-18(24-16)15-22-11-9-20(10-12-22)8-7-19(20)21(2)14-17-4-3-13-23-17;2*3-2(4,5)1(6)7/h3-6,13,19H,7-12,14-15H2,1-2H3;2*(H,6,7). The van der Waals surface area contributed by atoms with Gasteiger partial charge in [0.05, 0.1) is 12.8 Å². The normalized spacial score (nSPS) is 19.1. The van der Waals surface area contributed by atoms with E-state index >= 15 is 0 Å². The molecule has 1 aliphatic carbocycles. The summed E-state index contributed by atoms with van der Waals surface area (Å²) < 4.78 is 69.0. The molecule has 2 aromatic heterocycles. The van der Waals surface area contributed by atoms with E-state index in [9.17, 15) is 26.3 Å². The Labute approximate surface area is 219 Å². The van der Waals surface area contributed by atoms with Crippen molar-refractivity contribution < 1.29 is 50.6 Å².